The highest BCUT2D eigenvalue weighted by Gasteiger charge is 2.28. The van der Waals surface area contributed by atoms with Gasteiger partial charge in [0.15, 0.2) is 0 Å². The molecule has 0 unspecified atom stereocenters. The van der Waals surface area contributed by atoms with Crippen molar-refractivity contribution >= 4 is 23.2 Å². The molecule has 1 fully saturated rings. The molecule has 1 aromatic heterocycles. The van der Waals surface area contributed by atoms with Gasteiger partial charge in [0.05, 0.1) is 12.1 Å². The Labute approximate surface area is 164 Å². The third kappa shape index (κ3) is 6.23. The van der Waals surface area contributed by atoms with Crippen LogP contribution in [0.25, 0.3) is 0 Å². The maximum Gasteiger partial charge on any atom is 0.345 e. The van der Waals surface area contributed by atoms with Gasteiger partial charge >= 0.3 is 5.97 Å². The number of thiophene rings is 1. The van der Waals surface area contributed by atoms with Crippen LogP contribution in [-0.2, 0) is 11.2 Å². The molecule has 2 heterocycles. The van der Waals surface area contributed by atoms with Crippen LogP contribution in [0.4, 0.5) is 0 Å². The Morgan fingerprint density at radius 2 is 2.26 bits per heavy atom. The minimum absolute atomic E-state index is 0.0227. The largest absolute Gasteiger partial charge is 0.477 e. The fourth-order valence-electron chi connectivity index (χ4n) is 3.11. The number of aryl methyl sites for hydroxylation is 1. The number of carboxylic acids is 1. The van der Waals surface area contributed by atoms with Crippen molar-refractivity contribution in [2.24, 2.45) is 5.92 Å². The molecule has 1 amide bonds. The third-order valence-corrected chi connectivity index (χ3v) is 5.92. The van der Waals surface area contributed by atoms with E-state index < -0.39 is 12.1 Å². The summed E-state index contributed by atoms with van der Waals surface area (Å²) in [6, 6.07) is 3.49. The first kappa shape index (κ1) is 21.2. The van der Waals surface area contributed by atoms with Crippen molar-refractivity contribution in [3.05, 3.63) is 34.0 Å². The minimum atomic E-state index is -0.899. The summed E-state index contributed by atoms with van der Waals surface area (Å²) in [6.07, 6.45) is 6.67. The monoisotopic (exact) mass is 389 g/mol. The average molecular weight is 390 g/mol. The zero-order chi connectivity index (χ0) is 19.8. The Kier molecular flexibility index (Phi) is 8.08. The quantitative estimate of drug-likeness (QED) is 0.502. The second-order valence-corrected chi connectivity index (χ2v) is 8.02. The summed E-state index contributed by atoms with van der Waals surface area (Å²) >= 11 is 1.29. The number of carbonyl (C=O) groups is 2. The normalized spacial score (nSPS) is 19.1. The predicted molar refractivity (Wildman–Crippen MR) is 107 cm³/mol. The SMILES string of the molecule is CC#CC[C@@H](C)[C@H](O)/C=C/[C@H]1CCC(=O)N1CCCc1ccc(C(=O)O)s1. The first-order valence-electron chi connectivity index (χ1n) is 9.29. The van der Waals surface area contributed by atoms with Gasteiger partial charge in [0, 0.05) is 24.3 Å². The van der Waals surface area contributed by atoms with Crippen LogP contribution in [0.5, 0.6) is 0 Å². The molecule has 5 nitrogen and oxygen atoms in total. The summed E-state index contributed by atoms with van der Waals surface area (Å²) in [6.45, 7) is 4.39. The maximum absolute atomic E-state index is 12.2. The predicted octanol–water partition coefficient (Wildman–Crippen LogP) is 3.34. The Morgan fingerprint density at radius 3 is 2.93 bits per heavy atom. The molecule has 1 aromatic rings. The smallest absolute Gasteiger partial charge is 0.345 e. The average Bonchev–Trinajstić information content (AvgIpc) is 3.25. The molecule has 2 rings (SSSR count). The molecule has 3 atom stereocenters. The van der Waals surface area contributed by atoms with Gasteiger partial charge in [-0.15, -0.1) is 23.2 Å². The zero-order valence-corrected chi connectivity index (χ0v) is 16.7. The van der Waals surface area contributed by atoms with Crippen LogP contribution in [0.1, 0.15) is 54.1 Å². The summed E-state index contributed by atoms with van der Waals surface area (Å²) < 4.78 is 0. The van der Waals surface area contributed by atoms with Gasteiger partial charge < -0.3 is 15.1 Å². The van der Waals surface area contributed by atoms with Gasteiger partial charge in [0.25, 0.3) is 0 Å². The van der Waals surface area contributed by atoms with E-state index >= 15 is 0 Å². The van der Waals surface area contributed by atoms with Gasteiger partial charge in [-0.25, -0.2) is 4.79 Å². The molecule has 0 saturated carbocycles. The van der Waals surface area contributed by atoms with Crippen LogP contribution < -0.4 is 0 Å². The number of likely N-dealkylation sites (tertiary alicyclic amines) is 1. The molecule has 1 aliphatic rings. The van der Waals surface area contributed by atoms with Gasteiger partial charge in [-0.1, -0.05) is 19.1 Å². The van der Waals surface area contributed by atoms with E-state index in [1.165, 1.54) is 11.3 Å². The second kappa shape index (κ2) is 10.3. The lowest BCUT2D eigenvalue weighted by atomic mass is 10.00. The van der Waals surface area contributed by atoms with Crippen molar-refractivity contribution in [1.82, 2.24) is 4.90 Å². The number of aliphatic hydroxyl groups excluding tert-OH is 1. The molecule has 0 spiro atoms. The van der Waals surface area contributed by atoms with Gasteiger partial charge in [-0.05, 0) is 44.2 Å². The van der Waals surface area contributed by atoms with E-state index in [2.05, 4.69) is 11.8 Å². The van der Waals surface area contributed by atoms with Gasteiger partial charge in [-0.3, -0.25) is 4.79 Å². The minimum Gasteiger partial charge on any atom is -0.477 e. The Bertz CT molecular complexity index is 743. The zero-order valence-electron chi connectivity index (χ0n) is 15.9. The molecule has 1 saturated heterocycles. The first-order valence-corrected chi connectivity index (χ1v) is 10.1. The molecular weight excluding hydrogens is 362 g/mol. The molecular formula is C21H27NO4S. The molecule has 27 heavy (non-hydrogen) atoms. The van der Waals surface area contributed by atoms with Gasteiger partial charge in [-0.2, -0.15) is 0 Å². The molecule has 0 bridgehead atoms. The van der Waals surface area contributed by atoms with Crippen LogP contribution in [0, 0.1) is 17.8 Å². The highest BCUT2D eigenvalue weighted by molar-refractivity contribution is 7.13. The number of nitrogens with zero attached hydrogens (tertiary/aromatic N) is 1. The fraction of sp³-hybridized carbons (Fsp3) is 0.524. The van der Waals surface area contributed by atoms with Gasteiger partial charge in [0.2, 0.25) is 5.91 Å². The number of carboxylic acid groups (broad SMARTS) is 1. The summed E-state index contributed by atoms with van der Waals surface area (Å²) in [5.41, 5.74) is 0. The third-order valence-electron chi connectivity index (χ3n) is 4.78. The highest BCUT2D eigenvalue weighted by Crippen LogP contribution is 2.23. The molecule has 0 aliphatic carbocycles. The molecule has 0 radical (unpaired) electrons. The molecule has 1 aliphatic heterocycles. The number of rotatable bonds is 9. The summed E-state index contributed by atoms with van der Waals surface area (Å²) in [5, 5.41) is 19.2. The fourth-order valence-corrected chi connectivity index (χ4v) is 4.00. The number of amides is 1. The standard InChI is InChI=1S/C21H27NO4S/c1-3-4-6-15(2)18(23)11-8-16-9-13-20(24)22(16)14-5-7-17-10-12-19(27-17)21(25)26/h8,10-12,15-16,18,23H,5-7,9,13-14H2,1-2H3,(H,25,26)/b11-8+/t15-,16+,18-/m1/s1. The van der Waals surface area contributed by atoms with Crippen molar-refractivity contribution in [2.45, 2.75) is 58.1 Å². The Hall–Kier alpha value is -2.10. The van der Waals surface area contributed by atoms with Crippen molar-refractivity contribution in [1.29, 1.82) is 0 Å². The number of hydrogen-bond acceptors (Lipinski definition) is 4. The van der Waals surface area contributed by atoms with E-state index in [9.17, 15) is 14.7 Å². The lowest BCUT2D eigenvalue weighted by Crippen LogP contribution is -2.33. The first-order chi connectivity index (χ1) is 12.9. The number of aliphatic hydroxyl groups is 1. The van der Waals surface area contributed by atoms with Gasteiger partial charge in [0.1, 0.15) is 4.88 Å². The van der Waals surface area contributed by atoms with Crippen LogP contribution in [0.15, 0.2) is 24.3 Å². The van der Waals surface area contributed by atoms with Crippen molar-refractivity contribution in [3.63, 3.8) is 0 Å². The van der Waals surface area contributed by atoms with Crippen molar-refractivity contribution in [3.8, 4) is 11.8 Å². The summed E-state index contributed by atoms with van der Waals surface area (Å²) in [7, 11) is 0. The Balaban J connectivity index is 1.86. The van der Waals surface area contributed by atoms with E-state index in [1.807, 2.05) is 24.0 Å². The highest BCUT2D eigenvalue weighted by atomic mass is 32.1. The number of aromatic carboxylic acids is 1. The van der Waals surface area contributed by atoms with E-state index in [0.29, 0.717) is 24.3 Å². The van der Waals surface area contributed by atoms with E-state index in [0.717, 1.165) is 24.1 Å². The summed E-state index contributed by atoms with van der Waals surface area (Å²) in [4.78, 5) is 26.3. The molecule has 146 valence electrons. The number of carbonyl (C=O) groups excluding carboxylic acids is 1. The second-order valence-electron chi connectivity index (χ2n) is 6.85. The molecule has 2 N–H and O–H groups in total. The van der Waals surface area contributed by atoms with Crippen LogP contribution in [0.3, 0.4) is 0 Å². The Morgan fingerprint density at radius 1 is 1.48 bits per heavy atom. The van der Waals surface area contributed by atoms with E-state index in [-0.39, 0.29) is 17.9 Å². The lowest BCUT2D eigenvalue weighted by Gasteiger charge is -2.23. The van der Waals surface area contributed by atoms with Crippen molar-refractivity contribution < 1.29 is 19.8 Å². The summed E-state index contributed by atoms with van der Waals surface area (Å²) in [5.74, 6) is 5.12. The van der Waals surface area contributed by atoms with E-state index in [4.69, 9.17) is 5.11 Å². The molecule has 0 aromatic carbocycles. The lowest BCUT2D eigenvalue weighted by molar-refractivity contribution is -0.128. The number of hydrogen-bond donors (Lipinski definition) is 2. The van der Waals surface area contributed by atoms with Crippen LogP contribution >= 0.6 is 11.3 Å². The van der Waals surface area contributed by atoms with Crippen LogP contribution in [0.2, 0.25) is 0 Å². The van der Waals surface area contributed by atoms with E-state index in [1.54, 1.807) is 19.1 Å². The van der Waals surface area contributed by atoms with Crippen LogP contribution in [-0.4, -0.2) is 45.7 Å². The molecule has 6 heteroatoms. The topological polar surface area (TPSA) is 77.8 Å². The maximum atomic E-state index is 12.2. The van der Waals surface area contributed by atoms with Crippen molar-refractivity contribution in [2.75, 3.05) is 6.54 Å².